The summed E-state index contributed by atoms with van der Waals surface area (Å²) < 4.78 is 0. The predicted molar refractivity (Wildman–Crippen MR) is 125 cm³/mol. The molecule has 0 aromatic carbocycles. The summed E-state index contributed by atoms with van der Waals surface area (Å²) in [6.07, 6.45) is 4.95. The number of carboxylic acids is 1. The van der Waals surface area contributed by atoms with Crippen molar-refractivity contribution >= 4 is 23.7 Å². The lowest BCUT2D eigenvalue weighted by molar-refractivity contribution is -0.143. The molecule has 6 N–H and O–H groups in total. The van der Waals surface area contributed by atoms with Crippen molar-refractivity contribution in [1.29, 1.82) is 0 Å². The molecule has 11 heteroatoms. The fourth-order valence-electron chi connectivity index (χ4n) is 4.18. The van der Waals surface area contributed by atoms with Gasteiger partial charge in [-0.2, -0.15) is 0 Å². The lowest BCUT2D eigenvalue weighted by Gasteiger charge is -2.29. The first-order chi connectivity index (χ1) is 16.0. The quantitative estimate of drug-likeness (QED) is 0.290. The van der Waals surface area contributed by atoms with Crippen molar-refractivity contribution in [3.05, 3.63) is 18.2 Å². The molecule has 34 heavy (non-hydrogen) atoms. The van der Waals surface area contributed by atoms with E-state index in [9.17, 15) is 24.3 Å². The molecule has 1 aromatic heterocycles. The number of nitrogens with one attached hydrogen (secondary N) is 3. The third-order valence-corrected chi connectivity index (χ3v) is 5.81. The minimum absolute atomic E-state index is 0.0298. The number of H-pyrrole nitrogens is 1. The number of aromatic nitrogens is 2. The molecule has 1 aliphatic rings. The first-order valence-corrected chi connectivity index (χ1v) is 11.9. The van der Waals surface area contributed by atoms with Crippen molar-refractivity contribution in [2.24, 2.45) is 17.6 Å². The van der Waals surface area contributed by atoms with Gasteiger partial charge in [0, 0.05) is 24.9 Å². The van der Waals surface area contributed by atoms with Crippen LogP contribution < -0.4 is 16.4 Å². The standard InChI is InChI=1S/C23H38N6O5/c1-13(2)8-16(24)22(32)29-7-5-6-19(29)21(31)27-17(9-14(3)4)20(30)28-18(23(33)34)10-15-11-25-12-26-15/h11-14,16-19H,5-10,24H2,1-4H3,(H,25,26)(H,27,31)(H,28,30)(H,33,34). The van der Waals surface area contributed by atoms with Crippen LogP contribution in [0.2, 0.25) is 0 Å². The van der Waals surface area contributed by atoms with E-state index < -0.39 is 42.0 Å². The van der Waals surface area contributed by atoms with Crippen LogP contribution in [0.1, 0.15) is 59.1 Å². The van der Waals surface area contributed by atoms with Crippen molar-refractivity contribution in [2.75, 3.05) is 6.54 Å². The number of hydrogen-bond donors (Lipinski definition) is 5. The van der Waals surface area contributed by atoms with Gasteiger partial charge >= 0.3 is 5.97 Å². The van der Waals surface area contributed by atoms with E-state index in [1.165, 1.54) is 17.4 Å². The van der Waals surface area contributed by atoms with Crippen molar-refractivity contribution in [1.82, 2.24) is 25.5 Å². The van der Waals surface area contributed by atoms with Crippen LogP contribution >= 0.6 is 0 Å². The highest BCUT2D eigenvalue weighted by Crippen LogP contribution is 2.20. The number of likely N-dealkylation sites (tertiary alicyclic amines) is 1. The summed E-state index contributed by atoms with van der Waals surface area (Å²) >= 11 is 0. The van der Waals surface area contributed by atoms with Gasteiger partial charge in [-0.3, -0.25) is 14.4 Å². The fraction of sp³-hybridized carbons (Fsp3) is 0.696. The molecule has 0 aliphatic carbocycles. The molecular formula is C23H38N6O5. The summed E-state index contributed by atoms with van der Waals surface area (Å²) in [5.74, 6) is -2.15. The van der Waals surface area contributed by atoms with Crippen molar-refractivity contribution in [3.63, 3.8) is 0 Å². The molecule has 1 aliphatic heterocycles. The van der Waals surface area contributed by atoms with Gasteiger partial charge in [-0.15, -0.1) is 0 Å². The highest BCUT2D eigenvalue weighted by Gasteiger charge is 2.38. The number of imidazole rings is 1. The van der Waals surface area contributed by atoms with Crippen LogP contribution in [0.4, 0.5) is 0 Å². The maximum Gasteiger partial charge on any atom is 0.326 e. The average molecular weight is 479 g/mol. The zero-order valence-electron chi connectivity index (χ0n) is 20.4. The molecule has 3 amide bonds. The topological polar surface area (TPSA) is 171 Å². The molecule has 0 saturated carbocycles. The van der Waals surface area contributed by atoms with Gasteiger partial charge in [0.1, 0.15) is 18.1 Å². The van der Waals surface area contributed by atoms with E-state index in [1.54, 1.807) is 0 Å². The Labute approximate surface area is 200 Å². The first-order valence-electron chi connectivity index (χ1n) is 11.9. The molecule has 190 valence electrons. The van der Waals surface area contributed by atoms with Gasteiger partial charge in [0.05, 0.1) is 12.4 Å². The lowest BCUT2D eigenvalue weighted by Crippen LogP contribution is -2.57. The van der Waals surface area contributed by atoms with E-state index in [0.717, 1.165) is 0 Å². The van der Waals surface area contributed by atoms with Gasteiger partial charge in [0.25, 0.3) is 0 Å². The maximum absolute atomic E-state index is 13.1. The number of aliphatic carboxylic acids is 1. The van der Waals surface area contributed by atoms with E-state index in [0.29, 0.717) is 37.9 Å². The SMILES string of the molecule is CC(C)CC(N)C(=O)N1CCCC1C(=O)NC(CC(C)C)C(=O)NC(Cc1cnc[nH]1)C(=O)O. The summed E-state index contributed by atoms with van der Waals surface area (Å²) in [6.45, 7) is 8.21. The van der Waals surface area contributed by atoms with Gasteiger partial charge in [0.15, 0.2) is 0 Å². The van der Waals surface area contributed by atoms with E-state index in [2.05, 4.69) is 20.6 Å². The van der Waals surface area contributed by atoms with E-state index in [1.807, 2.05) is 27.7 Å². The molecule has 2 heterocycles. The molecule has 0 spiro atoms. The third-order valence-electron chi connectivity index (χ3n) is 5.81. The molecule has 4 atom stereocenters. The number of carbonyl (C=O) groups excluding carboxylic acids is 3. The number of aromatic amines is 1. The summed E-state index contributed by atoms with van der Waals surface area (Å²) in [5.41, 5.74) is 6.63. The van der Waals surface area contributed by atoms with Crippen molar-refractivity contribution in [3.8, 4) is 0 Å². The van der Waals surface area contributed by atoms with E-state index in [-0.39, 0.29) is 24.2 Å². The number of nitrogens with two attached hydrogens (primary N) is 1. The largest absolute Gasteiger partial charge is 0.480 e. The van der Waals surface area contributed by atoms with E-state index in [4.69, 9.17) is 5.73 Å². The Morgan fingerprint density at radius 1 is 1.15 bits per heavy atom. The summed E-state index contributed by atoms with van der Waals surface area (Å²) in [5, 5.41) is 14.8. The number of amides is 3. The van der Waals surface area contributed by atoms with Crippen LogP contribution in [0.25, 0.3) is 0 Å². The zero-order valence-corrected chi connectivity index (χ0v) is 20.4. The van der Waals surface area contributed by atoms with Gasteiger partial charge < -0.3 is 31.4 Å². The summed E-state index contributed by atoms with van der Waals surface area (Å²) in [6, 6.07) is -3.49. The predicted octanol–water partition coefficient (Wildman–Crippen LogP) is 0.417. The summed E-state index contributed by atoms with van der Waals surface area (Å²) in [4.78, 5) is 58.8. The smallest absolute Gasteiger partial charge is 0.326 e. The Morgan fingerprint density at radius 2 is 1.82 bits per heavy atom. The van der Waals surface area contributed by atoms with Crippen LogP contribution in [0.3, 0.4) is 0 Å². The second kappa shape index (κ2) is 12.5. The lowest BCUT2D eigenvalue weighted by atomic mass is 10.0. The van der Waals surface area contributed by atoms with Gasteiger partial charge in [-0.25, -0.2) is 9.78 Å². The Balaban J connectivity index is 2.08. The van der Waals surface area contributed by atoms with Crippen LogP contribution in [-0.4, -0.2) is 74.4 Å². The highest BCUT2D eigenvalue weighted by atomic mass is 16.4. The molecule has 0 radical (unpaired) electrons. The zero-order chi connectivity index (χ0) is 25.4. The Bertz CT molecular complexity index is 841. The van der Waals surface area contributed by atoms with Crippen molar-refractivity contribution < 1.29 is 24.3 Å². The fourth-order valence-corrected chi connectivity index (χ4v) is 4.18. The van der Waals surface area contributed by atoms with Crippen LogP contribution in [0, 0.1) is 11.8 Å². The number of nitrogens with zero attached hydrogens (tertiary/aromatic N) is 2. The minimum Gasteiger partial charge on any atom is -0.480 e. The first kappa shape index (κ1) is 27.3. The molecule has 11 nitrogen and oxygen atoms in total. The number of rotatable bonds is 12. The number of carboxylic acid groups (broad SMARTS) is 1. The second-order valence-electron chi connectivity index (χ2n) is 9.80. The highest BCUT2D eigenvalue weighted by molar-refractivity contribution is 5.94. The van der Waals surface area contributed by atoms with Gasteiger partial charge in [0.2, 0.25) is 17.7 Å². The molecule has 1 saturated heterocycles. The van der Waals surface area contributed by atoms with Crippen LogP contribution in [0.15, 0.2) is 12.5 Å². The normalized spacial score (nSPS) is 18.6. The van der Waals surface area contributed by atoms with E-state index >= 15 is 0 Å². The Hall–Kier alpha value is -2.95. The van der Waals surface area contributed by atoms with Crippen LogP contribution in [-0.2, 0) is 25.6 Å². The Kier molecular flexibility index (Phi) is 10.0. The number of hydrogen-bond acceptors (Lipinski definition) is 6. The average Bonchev–Trinajstić information content (AvgIpc) is 3.43. The Morgan fingerprint density at radius 3 is 2.38 bits per heavy atom. The number of carbonyl (C=O) groups is 4. The second-order valence-corrected chi connectivity index (χ2v) is 9.80. The monoisotopic (exact) mass is 478 g/mol. The molecular weight excluding hydrogens is 440 g/mol. The minimum atomic E-state index is -1.19. The van der Waals surface area contributed by atoms with Gasteiger partial charge in [-0.05, 0) is 37.5 Å². The molecule has 2 rings (SSSR count). The van der Waals surface area contributed by atoms with Gasteiger partial charge in [-0.1, -0.05) is 27.7 Å². The molecule has 0 bridgehead atoms. The maximum atomic E-state index is 13.1. The molecule has 1 aromatic rings. The van der Waals surface area contributed by atoms with Crippen molar-refractivity contribution in [2.45, 2.75) is 84.0 Å². The molecule has 1 fully saturated rings. The third kappa shape index (κ3) is 7.82. The summed E-state index contributed by atoms with van der Waals surface area (Å²) in [7, 11) is 0. The van der Waals surface area contributed by atoms with Crippen LogP contribution in [0.5, 0.6) is 0 Å². The molecule has 4 unspecified atom stereocenters.